The van der Waals surface area contributed by atoms with E-state index in [0.29, 0.717) is 0 Å². The van der Waals surface area contributed by atoms with Crippen molar-refractivity contribution in [3.63, 3.8) is 0 Å². The quantitative estimate of drug-likeness (QED) is 0.559. The van der Waals surface area contributed by atoms with E-state index in [-0.39, 0.29) is 0 Å². The summed E-state index contributed by atoms with van der Waals surface area (Å²) in [7, 11) is 0. The van der Waals surface area contributed by atoms with Crippen molar-refractivity contribution in [3.8, 4) is 0 Å². The minimum absolute atomic E-state index is 0.780. The molecule has 0 aliphatic heterocycles. The molecule has 1 radical (unpaired) electrons. The molecule has 1 nitrogen and oxygen atoms in total. The topological polar surface area (TPSA) is 12.0 Å². The third-order valence-corrected chi connectivity index (χ3v) is 1.66. The zero-order valence-electron chi connectivity index (χ0n) is 8.03. The van der Waals surface area contributed by atoms with Gasteiger partial charge in [-0.05, 0) is 25.4 Å². The summed E-state index contributed by atoms with van der Waals surface area (Å²) in [6, 6.07) is 0. The molecule has 0 saturated carbocycles. The van der Waals surface area contributed by atoms with Gasteiger partial charge in [0.05, 0.1) is 0 Å². The summed E-state index contributed by atoms with van der Waals surface area (Å²) in [6.45, 7) is 10.6. The minimum atomic E-state index is 0.780. The Hall–Kier alpha value is -0.0400. The third-order valence-electron chi connectivity index (χ3n) is 1.66. The first-order valence-electron chi connectivity index (χ1n) is 4.77. The molecule has 0 aliphatic rings. The minimum Gasteiger partial charge on any atom is -0.316 e. The van der Waals surface area contributed by atoms with Gasteiger partial charge >= 0.3 is 0 Å². The van der Waals surface area contributed by atoms with E-state index in [2.05, 4.69) is 26.1 Å². The van der Waals surface area contributed by atoms with Crippen LogP contribution < -0.4 is 5.32 Å². The van der Waals surface area contributed by atoms with E-state index in [4.69, 9.17) is 0 Å². The molecule has 0 aliphatic carbocycles. The first kappa shape index (κ1) is 11.0. The van der Waals surface area contributed by atoms with Crippen molar-refractivity contribution >= 4 is 0 Å². The van der Waals surface area contributed by atoms with Crippen LogP contribution in [0.2, 0.25) is 0 Å². The van der Waals surface area contributed by atoms with Gasteiger partial charge in [0.25, 0.3) is 0 Å². The van der Waals surface area contributed by atoms with Crippen LogP contribution in [0.1, 0.15) is 39.5 Å². The summed E-state index contributed by atoms with van der Waals surface area (Å²) in [4.78, 5) is 0. The van der Waals surface area contributed by atoms with Gasteiger partial charge in [-0.15, -0.1) is 0 Å². The van der Waals surface area contributed by atoms with Gasteiger partial charge in [0.15, 0.2) is 0 Å². The molecule has 0 unspecified atom stereocenters. The first-order valence-corrected chi connectivity index (χ1v) is 4.77. The molecule has 0 amide bonds. The fraction of sp³-hybridized carbons (Fsp3) is 0.900. The Bertz CT molecular complexity index is 69.3. The van der Waals surface area contributed by atoms with Crippen molar-refractivity contribution in [2.45, 2.75) is 39.5 Å². The fourth-order valence-corrected chi connectivity index (χ4v) is 0.994. The number of unbranched alkanes of at least 4 members (excludes halogenated alkanes) is 3. The maximum Gasteiger partial charge on any atom is -0.00258 e. The van der Waals surface area contributed by atoms with E-state index in [1.165, 1.54) is 25.8 Å². The molecule has 67 valence electrons. The highest BCUT2D eigenvalue weighted by Gasteiger charge is 1.91. The average molecular weight is 156 g/mol. The lowest BCUT2D eigenvalue weighted by Crippen LogP contribution is -2.20. The van der Waals surface area contributed by atoms with Gasteiger partial charge in [-0.25, -0.2) is 0 Å². The molecular formula is C10H22N. The molecule has 1 heteroatoms. The highest BCUT2D eigenvalue weighted by molar-refractivity contribution is 4.52. The third kappa shape index (κ3) is 9.96. The lowest BCUT2D eigenvalue weighted by molar-refractivity contribution is 0.531. The van der Waals surface area contributed by atoms with E-state index in [1.54, 1.807) is 0 Å². The summed E-state index contributed by atoms with van der Waals surface area (Å²) in [5, 5.41) is 3.42. The van der Waals surface area contributed by atoms with Gasteiger partial charge in [0.2, 0.25) is 0 Å². The van der Waals surface area contributed by atoms with Gasteiger partial charge in [-0.2, -0.15) is 0 Å². The second kappa shape index (κ2) is 8.06. The van der Waals surface area contributed by atoms with Crippen LogP contribution in [0.3, 0.4) is 0 Å². The molecule has 0 rings (SSSR count). The molecule has 11 heavy (non-hydrogen) atoms. The Balaban J connectivity index is 2.80. The Morgan fingerprint density at radius 2 is 1.91 bits per heavy atom. The van der Waals surface area contributed by atoms with Crippen molar-refractivity contribution in [1.82, 2.24) is 5.32 Å². The number of rotatable bonds is 7. The smallest absolute Gasteiger partial charge is 0.00258 e. The van der Waals surface area contributed by atoms with Crippen molar-refractivity contribution < 1.29 is 0 Å². The van der Waals surface area contributed by atoms with Crippen LogP contribution >= 0.6 is 0 Å². The zero-order chi connectivity index (χ0) is 8.53. The maximum atomic E-state index is 3.81. The fourth-order valence-electron chi connectivity index (χ4n) is 0.994. The summed E-state index contributed by atoms with van der Waals surface area (Å²) >= 11 is 0. The van der Waals surface area contributed by atoms with Gasteiger partial charge in [-0.3, -0.25) is 0 Å². The van der Waals surface area contributed by atoms with Crippen LogP contribution in [0.15, 0.2) is 0 Å². The Morgan fingerprint density at radius 1 is 1.18 bits per heavy atom. The van der Waals surface area contributed by atoms with E-state index in [9.17, 15) is 0 Å². The van der Waals surface area contributed by atoms with Crippen LogP contribution in [0.25, 0.3) is 0 Å². The monoisotopic (exact) mass is 156 g/mol. The SMILES string of the molecule is [CH2]CCCCCNCC(C)C. The molecule has 0 aromatic heterocycles. The largest absolute Gasteiger partial charge is 0.316 e. The van der Waals surface area contributed by atoms with Crippen molar-refractivity contribution in [2.75, 3.05) is 13.1 Å². The van der Waals surface area contributed by atoms with E-state index in [0.717, 1.165) is 18.9 Å². The normalized spacial score (nSPS) is 10.9. The Labute approximate surface area is 71.6 Å². The predicted molar refractivity (Wildman–Crippen MR) is 51.5 cm³/mol. The van der Waals surface area contributed by atoms with Crippen LogP contribution in [-0.2, 0) is 0 Å². The number of hydrogen-bond donors (Lipinski definition) is 1. The molecular weight excluding hydrogens is 134 g/mol. The summed E-state index contributed by atoms with van der Waals surface area (Å²) < 4.78 is 0. The van der Waals surface area contributed by atoms with E-state index >= 15 is 0 Å². The second-order valence-corrected chi connectivity index (χ2v) is 3.51. The predicted octanol–water partition coefficient (Wildman–Crippen LogP) is 2.63. The van der Waals surface area contributed by atoms with Crippen LogP contribution in [0.5, 0.6) is 0 Å². The number of nitrogens with one attached hydrogen (secondary N) is 1. The highest BCUT2D eigenvalue weighted by atomic mass is 14.8. The molecule has 0 spiro atoms. The van der Waals surface area contributed by atoms with Crippen molar-refractivity contribution in [1.29, 1.82) is 0 Å². The summed E-state index contributed by atoms with van der Waals surface area (Å²) in [5.74, 6) is 0.780. The number of hydrogen-bond acceptors (Lipinski definition) is 1. The summed E-state index contributed by atoms with van der Waals surface area (Å²) in [6.07, 6.45) is 5.00. The molecule has 0 atom stereocenters. The van der Waals surface area contributed by atoms with Crippen molar-refractivity contribution in [2.24, 2.45) is 5.92 Å². The lowest BCUT2D eigenvalue weighted by atomic mass is 10.2. The van der Waals surface area contributed by atoms with Gasteiger partial charge < -0.3 is 5.32 Å². The average Bonchev–Trinajstić information content (AvgIpc) is 1.96. The molecule has 0 saturated heterocycles. The molecule has 0 aromatic rings. The zero-order valence-corrected chi connectivity index (χ0v) is 8.03. The Kier molecular flexibility index (Phi) is 8.03. The second-order valence-electron chi connectivity index (χ2n) is 3.51. The van der Waals surface area contributed by atoms with Gasteiger partial charge in [0.1, 0.15) is 0 Å². The van der Waals surface area contributed by atoms with E-state index < -0.39 is 0 Å². The van der Waals surface area contributed by atoms with Gasteiger partial charge in [0, 0.05) is 0 Å². The van der Waals surface area contributed by atoms with Crippen molar-refractivity contribution in [3.05, 3.63) is 6.92 Å². The van der Waals surface area contributed by atoms with Crippen LogP contribution in [0, 0.1) is 12.8 Å². The molecule has 0 bridgehead atoms. The first-order chi connectivity index (χ1) is 5.27. The molecule has 0 heterocycles. The highest BCUT2D eigenvalue weighted by Crippen LogP contribution is 1.97. The van der Waals surface area contributed by atoms with Crippen LogP contribution in [-0.4, -0.2) is 13.1 Å². The standard InChI is InChI=1S/C10H22N/c1-4-5-6-7-8-11-9-10(2)3/h10-11H,1,4-9H2,2-3H3. The molecule has 0 aromatic carbocycles. The molecule has 0 fully saturated rings. The Morgan fingerprint density at radius 3 is 2.45 bits per heavy atom. The van der Waals surface area contributed by atoms with E-state index in [1.807, 2.05) is 0 Å². The molecule has 1 N–H and O–H groups in total. The summed E-state index contributed by atoms with van der Waals surface area (Å²) in [5.41, 5.74) is 0. The maximum absolute atomic E-state index is 3.81. The van der Waals surface area contributed by atoms with Crippen LogP contribution in [0.4, 0.5) is 0 Å². The van der Waals surface area contributed by atoms with Gasteiger partial charge in [-0.1, -0.05) is 40.0 Å². The lowest BCUT2D eigenvalue weighted by Gasteiger charge is -2.06.